The fraction of sp³-hybridized carbons (Fsp3) is 0.375. The zero-order valence-electron chi connectivity index (χ0n) is 14.3. The summed E-state index contributed by atoms with van der Waals surface area (Å²) in [5.74, 6) is -2.45. The van der Waals surface area contributed by atoms with E-state index in [0.717, 1.165) is 6.07 Å². The number of benzene rings is 1. The molecule has 0 radical (unpaired) electrons. The number of amides is 2. The Morgan fingerprint density at radius 2 is 2.15 bits per heavy atom. The number of phenols is 1. The SMILES string of the molecule is C=C1NC(=O)N[C@@H](c2cc(OC)c(O)c([N+](=O)[O-])c2)[C@H]1C(=O)OCCC. The van der Waals surface area contributed by atoms with Gasteiger partial charge in [-0.25, -0.2) is 4.79 Å². The molecule has 1 aromatic rings. The highest BCUT2D eigenvalue weighted by Gasteiger charge is 2.40. The number of carbonyl (C=O) groups is 2. The molecule has 10 heteroatoms. The van der Waals surface area contributed by atoms with Crippen molar-refractivity contribution in [3.8, 4) is 11.5 Å². The maximum atomic E-state index is 12.4. The first-order valence-electron chi connectivity index (χ1n) is 7.78. The lowest BCUT2D eigenvalue weighted by atomic mass is 9.88. The van der Waals surface area contributed by atoms with Crippen molar-refractivity contribution in [1.29, 1.82) is 0 Å². The monoisotopic (exact) mass is 365 g/mol. The molecule has 1 saturated heterocycles. The molecule has 1 fully saturated rings. The van der Waals surface area contributed by atoms with Gasteiger partial charge in [0.2, 0.25) is 5.75 Å². The van der Waals surface area contributed by atoms with E-state index in [4.69, 9.17) is 9.47 Å². The number of nitro groups is 1. The number of aromatic hydroxyl groups is 1. The Morgan fingerprint density at radius 3 is 2.73 bits per heavy atom. The third-order valence-electron chi connectivity index (χ3n) is 3.82. The summed E-state index contributed by atoms with van der Waals surface area (Å²) in [5.41, 5.74) is -0.311. The average molecular weight is 365 g/mol. The van der Waals surface area contributed by atoms with Gasteiger partial charge in [-0.3, -0.25) is 14.9 Å². The van der Waals surface area contributed by atoms with Crippen LogP contribution in [0.3, 0.4) is 0 Å². The van der Waals surface area contributed by atoms with Crippen LogP contribution in [0.1, 0.15) is 24.9 Å². The number of hydrogen-bond donors (Lipinski definition) is 3. The van der Waals surface area contributed by atoms with Crippen molar-refractivity contribution >= 4 is 17.7 Å². The first-order valence-corrected chi connectivity index (χ1v) is 7.78. The van der Waals surface area contributed by atoms with E-state index < -0.39 is 40.3 Å². The third-order valence-corrected chi connectivity index (χ3v) is 3.82. The Morgan fingerprint density at radius 1 is 1.46 bits per heavy atom. The Hall–Kier alpha value is -3.30. The number of hydrogen-bond acceptors (Lipinski definition) is 7. The Labute approximate surface area is 148 Å². The molecule has 3 N–H and O–H groups in total. The van der Waals surface area contributed by atoms with E-state index in [1.54, 1.807) is 0 Å². The number of nitrogens with zero attached hydrogens (tertiary/aromatic N) is 1. The minimum Gasteiger partial charge on any atom is -0.500 e. The number of methoxy groups -OCH3 is 1. The summed E-state index contributed by atoms with van der Waals surface area (Å²) in [6.07, 6.45) is 0.605. The van der Waals surface area contributed by atoms with Gasteiger partial charge in [0.25, 0.3) is 0 Å². The number of nitrogens with one attached hydrogen (secondary N) is 2. The smallest absolute Gasteiger partial charge is 0.319 e. The molecular weight excluding hydrogens is 346 g/mol. The van der Waals surface area contributed by atoms with Crippen molar-refractivity contribution in [3.05, 3.63) is 40.1 Å². The van der Waals surface area contributed by atoms with Gasteiger partial charge in [-0.2, -0.15) is 0 Å². The van der Waals surface area contributed by atoms with Crippen LogP contribution in [-0.4, -0.2) is 35.7 Å². The molecular formula is C16H19N3O7. The van der Waals surface area contributed by atoms with Crippen molar-refractivity contribution < 1.29 is 29.1 Å². The fourth-order valence-corrected chi connectivity index (χ4v) is 2.62. The molecule has 1 aromatic carbocycles. The van der Waals surface area contributed by atoms with Crippen molar-refractivity contribution in [3.63, 3.8) is 0 Å². The molecule has 2 amide bonds. The van der Waals surface area contributed by atoms with E-state index >= 15 is 0 Å². The predicted molar refractivity (Wildman–Crippen MR) is 89.6 cm³/mol. The summed E-state index contributed by atoms with van der Waals surface area (Å²) >= 11 is 0. The van der Waals surface area contributed by atoms with Crippen LogP contribution in [0.25, 0.3) is 0 Å². The number of ether oxygens (including phenoxy) is 2. The zero-order chi connectivity index (χ0) is 19.4. The summed E-state index contributed by atoms with van der Waals surface area (Å²) in [7, 11) is 1.23. The fourth-order valence-electron chi connectivity index (χ4n) is 2.62. The van der Waals surface area contributed by atoms with E-state index in [-0.39, 0.29) is 23.6 Å². The van der Waals surface area contributed by atoms with Gasteiger partial charge in [-0.15, -0.1) is 0 Å². The predicted octanol–water partition coefficient (Wildman–Crippen LogP) is 1.75. The average Bonchev–Trinajstić information content (AvgIpc) is 2.58. The van der Waals surface area contributed by atoms with E-state index in [2.05, 4.69) is 17.2 Å². The van der Waals surface area contributed by atoms with Gasteiger partial charge < -0.3 is 25.2 Å². The lowest BCUT2D eigenvalue weighted by Gasteiger charge is -2.33. The van der Waals surface area contributed by atoms with Gasteiger partial charge in [-0.1, -0.05) is 13.5 Å². The Kier molecular flexibility index (Phi) is 5.65. The van der Waals surface area contributed by atoms with Gasteiger partial charge in [-0.05, 0) is 18.1 Å². The number of carbonyl (C=O) groups excluding carboxylic acids is 2. The molecule has 0 unspecified atom stereocenters. The van der Waals surface area contributed by atoms with Gasteiger partial charge >= 0.3 is 17.7 Å². The molecule has 0 bridgehead atoms. The highest BCUT2D eigenvalue weighted by atomic mass is 16.6. The molecule has 140 valence electrons. The lowest BCUT2D eigenvalue weighted by molar-refractivity contribution is -0.386. The topological polar surface area (TPSA) is 140 Å². The molecule has 0 aromatic heterocycles. The standard InChI is InChI=1S/C16H19N3O7/c1-4-5-26-15(21)12-8(2)17-16(22)18-13(12)9-6-10(19(23)24)14(20)11(7-9)25-3/h6-7,12-13,20H,2,4-5H2,1,3H3,(H2,17,18,22)/t12-,13-/m0/s1. The summed E-state index contributed by atoms with van der Waals surface area (Å²) in [6.45, 7) is 5.69. The first kappa shape index (κ1) is 19.0. The maximum Gasteiger partial charge on any atom is 0.319 e. The number of urea groups is 1. The Balaban J connectivity index is 2.52. The van der Waals surface area contributed by atoms with E-state index in [9.17, 15) is 24.8 Å². The lowest BCUT2D eigenvalue weighted by Crippen LogP contribution is -2.51. The normalized spacial score (nSPS) is 19.3. The molecule has 26 heavy (non-hydrogen) atoms. The summed E-state index contributed by atoms with van der Waals surface area (Å²) in [6, 6.07) is 0.788. The maximum absolute atomic E-state index is 12.4. The van der Waals surface area contributed by atoms with E-state index in [1.807, 2.05) is 6.92 Å². The molecule has 10 nitrogen and oxygen atoms in total. The molecule has 1 heterocycles. The van der Waals surface area contributed by atoms with Crippen LogP contribution < -0.4 is 15.4 Å². The first-order chi connectivity index (χ1) is 12.3. The number of nitro benzene ring substituents is 1. The molecule has 1 aliphatic rings. The third kappa shape index (κ3) is 3.68. The minimum absolute atomic E-state index is 0.106. The minimum atomic E-state index is -1.01. The zero-order valence-corrected chi connectivity index (χ0v) is 14.3. The largest absolute Gasteiger partial charge is 0.500 e. The quantitative estimate of drug-likeness (QED) is 0.396. The van der Waals surface area contributed by atoms with Crippen LogP contribution in [0.5, 0.6) is 11.5 Å². The van der Waals surface area contributed by atoms with Crippen molar-refractivity contribution in [2.45, 2.75) is 19.4 Å². The second kappa shape index (κ2) is 7.72. The summed E-state index contributed by atoms with van der Waals surface area (Å²) in [5, 5.41) is 26.0. The van der Waals surface area contributed by atoms with Crippen LogP contribution in [0, 0.1) is 16.0 Å². The molecule has 0 saturated carbocycles. The van der Waals surface area contributed by atoms with Crippen LogP contribution in [-0.2, 0) is 9.53 Å². The van der Waals surface area contributed by atoms with Gasteiger partial charge in [0.15, 0.2) is 5.75 Å². The van der Waals surface area contributed by atoms with Crippen LogP contribution in [0.4, 0.5) is 10.5 Å². The van der Waals surface area contributed by atoms with E-state index in [0.29, 0.717) is 6.42 Å². The number of phenolic OH excluding ortho intramolecular Hbond substituents is 1. The van der Waals surface area contributed by atoms with Crippen molar-refractivity contribution in [2.75, 3.05) is 13.7 Å². The second-order valence-corrected chi connectivity index (χ2v) is 5.59. The van der Waals surface area contributed by atoms with Gasteiger partial charge in [0, 0.05) is 11.8 Å². The van der Waals surface area contributed by atoms with Gasteiger partial charge in [0.05, 0.1) is 24.7 Å². The van der Waals surface area contributed by atoms with E-state index in [1.165, 1.54) is 13.2 Å². The van der Waals surface area contributed by atoms with Crippen LogP contribution >= 0.6 is 0 Å². The van der Waals surface area contributed by atoms with Crippen molar-refractivity contribution in [2.24, 2.45) is 5.92 Å². The van der Waals surface area contributed by atoms with Crippen LogP contribution in [0.2, 0.25) is 0 Å². The second-order valence-electron chi connectivity index (χ2n) is 5.59. The molecule has 0 aliphatic carbocycles. The summed E-state index contributed by atoms with van der Waals surface area (Å²) in [4.78, 5) is 34.6. The molecule has 1 aliphatic heterocycles. The van der Waals surface area contributed by atoms with Crippen LogP contribution in [0.15, 0.2) is 24.4 Å². The molecule has 2 atom stereocenters. The number of rotatable bonds is 6. The highest BCUT2D eigenvalue weighted by molar-refractivity contribution is 5.85. The van der Waals surface area contributed by atoms with Gasteiger partial charge in [0.1, 0.15) is 5.92 Å². The highest BCUT2D eigenvalue weighted by Crippen LogP contribution is 2.41. The molecule has 2 rings (SSSR count). The summed E-state index contributed by atoms with van der Waals surface area (Å²) < 4.78 is 10.1. The molecule has 0 spiro atoms. The van der Waals surface area contributed by atoms with Crippen molar-refractivity contribution in [1.82, 2.24) is 10.6 Å². The number of esters is 1. The Bertz CT molecular complexity index is 762.